The zero-order valence-electron chi connectivity index (χ0n) is 28.0. The molecule has 2 aliphatic rings. The predicted octanol–water partition coefficient (Wildman–Crippen LogP) is 4.77. The van der Waals surface area contributed by atoms with Crippen molar-refractivity contribution in [3.8, 4) is 0 Å². The molecule has 0 N–H and O–H groups in total. The maximum atomic E-state index is 13.8. The maximum absolute atomic E-state index is 13.8. The number of rotatable bonds is 12. The summed E-state index contributed by atoms with van der Waals surface area (Å²) in [7, 11) is 2.35. The van der Waals surface area contributed by atoms with Gasteiger partial charge in [0.05, 0.1) is 11.3 Å². The number of nitrogens with zero attached hydrogens (tertiary/aromatic N) is 5. The van der Waals surface area contributed by atoms with Gasteiger partial charge in [-0.15, -0.1) is 0 Å². The lowest BCUT2D eigenvalue weighted by Crippen LogP contribution is -2.48. The number of carbonyl (C=O) groups excluding carboxylic acids is 3. The Morgan fingerprint density at radius 1 is 0.957 bits per heavy atom. The van der Waals surface area contributed by atoms with Gasteiger partial charge < -0.3 is 19.6 Å². The molecule has 1 atom stereocenters. The van der Waals surface area contributed by atoms with Crippen molar-refractivity contribution in [2.75, 3.05) is 64.8 Å². The van der Waals surface area contributed by atoms with Crippen LogP contribution in [0.15, 0.2) is 47.4 Å². The highest BCUT2D eigenvalue weighted by Gasteiger charge is 2.31. The van der Waals surface area contributed by atoms with E-state index in [2.05, 4.69) is 4.90 Å². The zero-order chi connectivity index (χ0) is 33.4. The molecule has 252 valence electrons. The molecular weight excluding hydrogens is 622 g/mol. The smallest absolute Gasteiger partial charge is 0.230 e. The number of likely N-dealkylation sites (tertiary alicyclic amines) is 2. The molecule has 0 spiro atoms. The molecule has 0 aromatic heterocycles. The van der Waals surface area contributed by atoms with Gasteiger partial charge in [0.15, 0.2) is 0 Å². The van der Waals surface area contributed by atoms with Crippen LogP contribution in [-0.4, -0.2) is 107 Å². The number of benzene rings is 2. The third-order valence-electron chi connectivity index (χ3n) is 9.35. The third kappa shape index (κ3) is 9.40. The summed E-state index contributed by atoms with van der Waals surface area (Å²) in [6.07, 6.45) is 4.37. The van der Waals surface area contributed by atoms with Gasteiger partial charge in [-0.25, -0.2) is 8.51 Å². The molecule has 0 aliphatic carbocycles. The molecule has 0 bridgehead atoms. The summed E-state index contributed by atoms with van der Waals surface area (Å²) in [4.78, 5) is 47.8. The number of halogens is 1. The van der Waals surface area contributed by atoms with Crippen LogP contribution in [0, 0.1) is 12.8 Å². The van der Waals surface area contributed by atoms with E-state index in [0.29, 0.717) is 50.5 Å². The lowest BCUT2D eigenvalue weighted by molar-refractivity contribution is -0.133. The van der Waals surface area contributed by atoms with E-state index in [-0.39, 0.29) is 29.7 Å². The van der Waals surface area contributed by atoms with Crippen LogP contribution in [-0.2, 0) is 31.8 Å². The minimum absolute atomic E-state index is 0.0634. The van der Waals surface area contributed by atoms with Gasteiger partial charge in [-0.1, -0.05) is 29.8 Å². The van der Waals surface area contributed by atoms with E-state index in [1.54, 1.807) is 25.3 Å². The first-order chi connectivity index (χ1) is 22.0. The molecule has 3 amide bonds. The molecule has 0 radical (unpaired) electrons. The normalized spacial score (nSPS) is 17.2. The van der Waals surface area contributed by atoms with E-state index in [9.17, 15) is 18.6 Å². The SMILES string of the molecule is CCN(C(=O)Cc1ccc(S(=O)N(C)C)cc1)C1CCN(CCCN(C(=O)C2CCN(C(C)=O)CC2)c2ccc(C)c(Cl)c2)CC1. The number of piperidine rings is 2. The fourth-order valence-corrected chi connectivity index (χ4v) is 7.50. The molecule has 2 aromatic rings. The minimum atomic E-state index is -1.20. The van der Waals surface area contributed by atoms with Crippen molar-refractivity contribution in [1.82, 2.24) is 19.0 Å². The van der Waals surface area contributed by atoms with Crippen LogP contribution in [0.2, 0.25) is 5.02 Å². The first-order valence-corrected chi connectivity index (χ1v) is 18.0. The fourth-order valence-electron chi connectivity index (χ4n) is 6.53. The van der Waals surface area contributed by atoms with Gasteiger partial charge in [0.2, 0.25) is 17.7 Å². The van der Waals surface area contributed by atoms with E-state index in [1.165, 1.54) is 0 Å². The van der Waals surface area contributed by atoms with Crippen LogP contribution in [0.1, 0.15) is 57.1 Å². The summed E-state index contributed by atoms with van der Waals surface area (Å²) >= 11 is 6.47. The van der Waals surface area contributed by atoms with Crippen molar-refractivity contribution < 1.29 is 18.6 Å². The summed E-state index contributed by atoms with van der Waals surface area (Å²) in [5.41, 5.74) is 2.73. The second-order valence-corrected chi connectivity index (χ2v) is 14.8. The average molecular weight is 672 g/mol. The van der Waals surface area contributed by atoms with E-state index in [4.69, 9.17) is 11.6 Å². The zero-order valence-corrected chi connectivity index (χ0v) is 29.6. The molecule has 2 aromatic carbocycles. The highest BCUT2D eigenvalue weighted by molar-refractivity contribution is 7.82. The van der Waals surface area contributed by atoms with Crippen LogP contribution < -0.4 is 4.90 Å². The van der Waals surface area contributed by atoms with Gasteiger partial charge in [0.25, 0.3) is 0 Å². The summed E-state index contributed by atoms with van der Waals surface area (Å²) in [5, 5.41) is 0.650. The predicted molar refractivity (Wildman–Crippen MR) is 185 cm³/mol. The minimum Gasteiger partial charge on any atom is -0.343 e. The second kappa shape index (κ2) is 16.9. The third-order valence-corrected chi connectivity index (χ3v) is 11.1. The Bertz CT molecular complexity index is 1370. The molecule has 2 fully saturated rings. The monoisotopic (exact) mass is 671 g/mol. The molecule has 46 heavy (non-hydrogen) atoms. The summed E-state index contributed by atoms with van der Waals surface area (Å²) in [6, 6.07) is 13.5. The van der Waals surface area contributed by atoms with Crippen molar-refractivity contribution in [2.45, 2.75) is 70.2 Å². The Morgan fingerprint density at radius 3 is 2.17 bits per heavy atom. The Labute approximate surface area is 282 Å². The summed E-state index contributed by atoms with van der Waals surface area (Å²) < 4.78 is 14.0. The first-order valence-electron chi connectivity index (χ1n) is 16.5. The van der Waals surface area contributed by atoms with Crippen molar-refractivity contribution in [2.24, 2.45) is 5.92 Å². The molecule has 0 saturated carbocycles. The first kappa shape index (κ1) is 36.1. The number of aryl methyl sites for hydroxylation is 1. The molecule has 11 heteroatoms. The lowest BCUT2D eigenvalue weighted by atomic mass is 9.94. The van der Waals surface area contributed by atoms with Crippen LogP contribution in [0.25, 0.3) is 0 Å². The summed E-state index contributed by atoms with van der Waals surface area (Å²) in [6.45, 7) is 10.8. The Kier molecular flexibility index (Phi) is 13.2. The number of hydrogen-bond acceptors (Lipinski definition) is 5. The number of hydrogen-bond donors (Lipinski definition) is 0. The van der Waals surface area contributed by atoms with E-state index >= 15 is 0 Å². The van der Waals surface area contributed by atoms with Gasteiger partial charge in [-0.2, -0.15) is 0 Å². The molecule has 1 unspecified atom stereocenters. The number of anilines is 1. The van der Waals surface area contributed by atoms with E-state index < -0.39 is 11.0 Å². The second-order valence-electron chi connectivity index (χ2n) is 12.7. The van der Waals surface area contributed by atoms with Crippen LogP contribution in [0.4, 0.5) is 5.69 Å². The quantitative estimate of drug-likeness (QED) is 0.325. The number of amides is 3. The summed E-state index contributed by atoms with van der Waals surface area (Å²) in [5.74, 6) is 0.194. The van der Waals surface area contributed by atoms with Crippen molar-refractivity contribution in [1.29, 1.82) is 0 Å². The Morgan fingerprint density at radius 2 is 1.61 bits per heavy atom. The van der Waals surface area contributed by atoms with Crippen LogP contribution in [0.5, 0.6) is 0 Å². The topological polar surface area (TPSA) is 84.5 Å². The van der Waals surface area contributed by atoms with Crippen molar-refractivity contribution in [3.05, 3.63) is 58.6 Å². The van der Waals surface area contributed by atoms with E-state index in [0.717, 1.165) is 60.6 Å². The van der Waals surface area contributed by atoms with Gasteiger partial charge in [0, 0.05) is 68.9 Å². The number of carbonyl (C=O) groups is 3. The maximum Gasteiger partial charge on any atom is 0.230 e. The number of likely N-dealkylation sites (N-methyl/N-ethyl adjacent to an activating group) is 1. The van der Waals surface area contributed by atoms with Crippen molar-refractivity contribution in [3.63, 3.8) is 0 Å². The Hall–Kier alpha value is -2.79. The van der Waals surface area contributed by atoms with E-state index in [1.807, 2.05) is 71.0 Å². The van der Waals surface area contributed by atoms with Gasteiger partial charge >= 0.3 is 0 Å². The molecular formula is C35H50ClN5O4S. The van der Waals surface area contributed by atoms with Gasteiger partial charge in [-0.05, 0) is 102 Å². The molecule has 2 saturated heterocycles. The Balaban J connectivity index is 1.29. The fraction of sp³-hybridized carbons (Fsp3) is 0.571. The van der Waals surface area contributed by atoms with Gasteiger partial charge in [-0.3, -0.25) is 14.4 Å². The standard InChI is InChI=1S/C35H50ClN5O4S/c1-6-40(34(43)24-28-9-12-32(13-10-28)46(45)37(4)5)30-16-20-38(21-17-30)18-7-19-41(31-11-8-26(2)33(36)25-31)35(44)29-14-22-39(23-15-29)27(3)42/h8-13,25,29-30H,6-7,14-24H2,1-5H3. The highest BCUT2D eigenvalue weighted by atomic mass is 35.5. The molecule has 2 heterocycles. The van der Waals surface area contributed by atoms with Crippen LogP contribution in [0.3, 0.4) is 0 Å². The van der Waals surface area contributed by atoms with Crippen molar-refractivity contribution >= 4 is 46.0 Å². The molecule has 2 aliphatic heterocycles. The average Bonchev–Trinajstić information content (AvgIpc) is 3.05. The molecule has 4 rings (SSSR count). The highest BCUT2D eigenvalue weighted by Crippen LogP contribution is 2.28. The largest absolute Gasteiger partial charge is 0.343 e. The van der Waals surface area contributed by atoms with Gasteiger partial charge in [0.1, 0.15) is 11.0 Å². The lowest BCUT2D eigenvalue weighted by Gasteiger charge is -2.38. The molecule has 9 nitrogen and oxygen atoms in total. The van der Waals surface area contributed by atoms with Crippen LogP contribution >= 0.6 is 11.6 Å².